The number of esters is 1. The number of halogens is 1. The Morgan fingerprint density at radius 2 is 2.06 bits per heavy atom. The van der Waals surface area contributed by atoms with E-state index in [2.05, 4.69) is 10.6 Å². The van der Waals surface area contributed by atoms with Gasteiger partial charge in [0.05, 0.1) is 23.1 Å². The summed E-state index contributed by atoms with van der Waals surface area (Å²) in [4.78, 5) is 23.0. The number of fused-ring (bicyclic) bond motifs is 3. The number of benzene rings is 2. The lowest BCUT2D eigenvalue weighted by atomic mass is 10.1. The number of ether oxygens (including phenoxy) is 1. The van der Waals surface area contributed by atoms with Gasteiger partial charge in [0, 0.05) is 23.4 Å². The molecule has 7 heteroatoms. The molecule has 1 aliphatic rings. The van der Waals surface area contributed by atoms with Crippen LogP contribution in [0.5, 0.6) is 0 Å². The van der Waals surface area contributed by atoms with Crippen molar-refractivity contribution >= 4 is 28.3 Å². The predicted molar refractivity (Wildman–Crippen MR) is 128 cm³/mol. The minimum atomic E-state index is -0.278. The first kappa shape index (κ1) is 21.8. The zero-order valence-corrected chi connectivity index (χ0v) is 19.7. The van der Waals surface area contributed by atoms with Crippen molar-refractivity contribution in [1.82, 2.24) is 14.5 Å². The Hall–Kier alpha value is -3.06. The van der Waals surface area contributed by atoms with Gasteiger partial charge in [-0.1, -0.05) is 13.0 Å². The van der Waals surface area contributed by atoms with Crippen molar-refractivity contribution in [2.75, 3.05) is 0 Å². The number of carbonyl (C=O) groups excluding carboxylic acids is 1. The number of hydrogen-bond donors (Lipinski definition) is 0. The van der Waals surface area contributed by atoms with Gasteiger partial charge in [-0.2, -0.15) is 0 Å². The summed E-state index contributed by atoms with van der Waals surface area (Å²) in [5.41, 5.74) is 5.68. The second-order valence-corrected chi connectivity index (χ2v) is 9.58. The summed E-state index contributed by atoms with van der Waals surface area (Å²) in [6.07, 6.45) is 4.31. The highest BCUT2D eigenvalue weighted by Gasteiger charge is 2.18. The molecule has 0 fully saturated rings. The van der Waals surface area contributed by atoms with Gasteiger partial charge in [-0.3, -0.25) is 4.79 Å². The first-order valence-electron chi connectivity index (χ1n) is 11.4. The van der Waals surface area contributed by atoms with Gasteiger partial charge in [0.2, 0.25) is 0 Å². The lowest BCUT2D eigenvalue weighted by Crippen LogP contribution is -2.10. The molecule has 170 valence electrons. The smallest absolute Gasteiger partial charge is 0.311 e. The second-order valence-electron chi connectivity index (χ2n) is 8.50. The molecule has 5 rings (SSSR count). The number of aromatic nitrogens is 3. The maximum absolute atomic E-state index is 13.5. The maximum Gasteiger partial charge on any atom is 0.311 e. The lowest BCUT2D eigenvalue weighted by Gasteiger charge is -2.13. The van der Waals surface area contributed by atoms with Gasteiger partial charge in [0.25, 0.3) is 0 Å². The van der Waals surface area contributed by atoms with Crippen molar-refractivity contribution in [3.8, 4) is 10.6 Å². The molecule has 0 aliphatic carbocycles. The Balaban J connectivity index is 1.28. The topological polar surface area (TPSA) is 57.0 Å². The fraction of sp³-hybridized carbons (Fsp3) is 0.346. The molecule has 0 atom stereocenters. The van der Waals surface area contributed by atoms with Crippen LogP contribution in [0.1, 0.15) is 47.3 Å². The lowest BCUT2D eigenvalue weighted by molar-refractivity contribution is -0.144. The molecule has 0 saturated heterocycles. The van der Waals surface area contributed by atoms with Crippen LogP contribution < -0.4 is 0 Å². The number of aryl methyl sites for hydroxylation is 4. The maximum atomic E-state index is 13.5. The highest BCUT2D eigenvalue weighted by Crippen LogP contribution is 2.31. The van der Waals surface area contributed by atoms with Crippen molar-refractivity contribution in [2.24, 2.45) is 0 Å². The molecule has 0 unspecified atom stereocenters. The molecule has 0 spiro atoms. The van der Waals surface area contributed by atoms with Gasteiger partial charge in [-0.25, -0.2) is 14.4 Å². The van der Waals surface area contributed by atoms with E-state index in [0.29, 0.717) is 0 Å². The Kier molecular flexibility index (Phi) is 5.98. The van der Waals surface area contributed by atoms with Crippen LogP contribution in [0, 0.1) is 12.7 Å². The first-order valence-corrected chi connectivity index (χ1v) is 12.2. The molecule has 2 aromatic heterocycles. The fourth-order valence-corrected chi connectivity index (χ4v) is 5.66. The molecule has 0 saturated carbocycles. The molecule has 0 bridgehead atoms. The molecule has 0 N–H and O–H groups in total. The van der Waals surface area contributed by atoms with E-state index in [0.717, 1.165) is 68.5 Å². The Morgan fingerprint density at radius 1 is 1.18 bits per heavy atom. The van der Waals surface area contributed by atoms with E-state index in [1.165, 1.54) is 36.3 Å². The Morgan fingerprint density at radius 3 is 2.88 bits per heavy atom. The fourth-order valence-electron chi connectivity index (χ4n) is 4.43. The second kappa shape index (κ2) is 9.06. The van der Waals surface area contributed by atoms with E-state index >= 15 is 0 Å². The number of carbonyl (C=O) groups is 1. The molecule has 4 aromatic rings. The summed E-state index contributed by atoms with van der Waals surface area (Å²) in [6.45, 7) is 5.13. The van der Waals surface area contributed by atoms with E-state index in [1.54, 1.807) is 6.07 Å². The Bertz CT molecular complexity index is 1340. The minimum Gasteiger partial charge on any atom is -0.461 e. The minimum absolute atomic E-state index is 0.183. The highest BCUT2D eigenvalue weighted by molar-refractivity contribution is 7.15. The molecule has 2 aromatic carbocycles. The monoisotopic (exact) mass is 463 g/mol. The third-order valence-electron chi connectivity index (χ3n) is 6.16. The predicted octanol–water partition coefficient (Wildman–Crippen LogP) is 5.79. The summed E-state index contributed by atoms with van der Waals surface area (Å²) >= 11 is 1.48. The average molecular weight is 464 g/mol. The normalized spacial score (nSPS) is 13.3. The molecular formula is C26H26FN3O2S. The summed E-state index contributed by atoms with van der Waals surface area (Å²) in [5, 5.41) is 0.807. The van der Waals surface area contributed by atoms with Crippen LogP contribution in [0.4, 0.5) is 4.39 Å². The van der Waals surface area contributed by atoms with Crippen LogP contribution in [0.15, 0.2) is 36.4 Å². The number of nitrogens with zero attached hydrogens (tertiary/aromatic N) is 3. The Labute approximate surface area is 196 Å². The van der Waals surface area contributed by atoms with E-state index in [-0.39, 0.29) is 24.8 Å². The number of hydrogen-bond acceptors (Lipinski definition) is 5. The molecule has 3 heterocycles. The summed E-state index contributed by atoms with van der Waals surface area (Å²) in [7, 11) is 0. The van der Waals surface area contributed by atoms with E-state index in [1.807, 2.05) is 26.0 Å². The summed E-state index contributed by atoms with van der Waals surface area (Å²) in [6, 6.07) is 10.8. The van der Waals surface area contributed by atoms with Crippen molar-refractivity contribution in [2.45, 2.75) is 59.1 Å². The van der Waals surface area contributed by atoms with Crippen LogP contribution in [0.2, 0.25) is 0 Å². The van der Waals surface area contributed by atoms with Crippen molar-refractivity contribution in [3.05, 3.63) is 69.7 Å². The number of thiazole rings is 1. The third kappa shape index (κ3) is 4.42. The summed E-state index contributed by atoms with van der Waals surface area (Å²) in [5.74, 6) is 0.607. The molecule has 5 nitrogen and oxygen atoms in total. The SMILES string of the molecule is CCc1nc(-c2ccc(F)cc2C)sc1CC(=O)OCc1ccc2c(c1)nc1n2CCCC1. The van der Waals surface area contributed by atoms with Gasteiger partial charge in [0.1, 0.15) is 23.3 Å². The van der Waals surface area contributed by atoms with Gasteiger partial charge < -0.3 is 9.30 Å². The zero-order chi connectivity index (χ0) is 22.9. The molecule has 33 heavy (non-hydrogen) atoms. The van der Waals surface area contributed by atoms with E-state index in [4.69, 9.17) is 14.7 Å². The first-order chi connectivity index (χ1) is 16.0. The van der Waals surface area contributed by atoms with E-state index < -0.39 is 0 Å². The van der Waals surface area contributed by atoms with Crippen molar-refractivity contribution in [3.63, 3.8) is 0 Å². The quantitative estimate of drug-likeness (QED) is 0.340. The van der Waals surface area contributed by atoms with Crippen LogP contribution in [-0.2, 0) is 41.9 Å². The zero-order valence-electron chi connectivity index (χ0n) is 18.9. The average Bonchev–Trinajstić information content (AvgIpc) is 3.38. The largest absolute Gasteiger partial charge is 0.461 e. The highest BCUT2D eigenvalue weighted by atomic mass is 32.1. The van der Waals surface area contributed by atoms with Gasteiger partial charge >= 0.3 is 5.97 Å². The number of rotatable bonds is 6. The molecule has 0 amide bonds. The van der Waals surface area contributed by atoms with E-state index in [9.17, 15) is 9.18 Å². The standard InChI is InChI=1S/C26H26FN3O2S/c1-3-20-23(33-26(29-20)19-9-8-18(27)12-16(19)2)14-25(31)32-15-17-7-10-22-21(13-17)28-24-6-4-5-11-30(22)24/h7-10,12-13H,3-6,11,14-15H2,1-2H3. The number of imidazole rings is 1. The van der Waals surface area contributed by atoms with Crippen LogP contribution >= 0.6 is 11.3 Å². The third-order valence-corrected chi connectivity index (χ3v) is 7.29. The summed E-state index contributed by atoms with van der Waals surface area (Å²) < 4.78 is 21.4. The van der Waals surface area contributed by atoms with Crippen LogP contribution in [-0.4, -0.2) is 20.5 Å². The van der Waals surface area contributed by atoms with Gasteiger partial charge in [-0.05, 0) is 67.6 Å². The molecule has 1 aliphatic heterocycles. The molecular weight excluding hydrogens is 437 g/mol. The molecule has 0 radical (unpaired) electrons. The van der Waals surface area contributed by atoms with Crippen LogP contribution in [0.3, 0.4) is 0 Å². The van der Waals surface area contributed by atoms with Crippen molar-refractivity contribution in [1.29, 1.82) is 0 Å². The van der Waals surface area contributed by atoms with Crippen LogP contribution in [0.25, 0.3) is 21.6 Å². The van der Waals surface area contributed by atoms with Gasteiger partial charge in [0.15, 0.2) is 0 Å². The van der Waals surface area contributed by atoms with Gasteiger partial charge in [-0.15, -0.1) is 11.3 Å². The van der Waals surface area contributed by atoms with Crippen molar-refractivity contribution < 1.29 is 13.9 Å².